The van der Waals surface area contributed by atoms with E-state index in [-0.39, 0.29) is 17.9 Å². The fraction of sp³-hybridized carbons (Fsp3) is 0.552. The minimum atomic E-state index is -0.663. The van der Waals surface area contributed by atoms with Crippen LogP contribution in [0.15, 0.2) is 36.4 Å². The van der Waals surface area contributed by atoms with Crippen LogP contribution in [0.4, 0.5) is 4.79 Å². The third-order valence-corrected chi connectivity index (χ3v) is 6.91. The fourth-order valence-corrected chi connectivity index (χ4v) is 4.87. The number of amides is 2. The molecule has 35 heavy (non-hydrogen) atoms. The molecule has 1 aliphatic carbocycles. The molecule has 2 fully saturated rings. The molecule has 2 heterocycles. The Balaban J connectivity index is 1.68. The summed E-state index contributed by atoms with van der Waals surface area (Å²) in [6, 6.07) is 12.6. The minimum absolute atomic E-state index is 0.0841. The van der Waals surface area contributed by atoms with Gasteiger partial charge in [0.15, 0.2) is 0 Å². The van der Waals surface area contributed by atoms with Gasteiger partial charge in [0.05, 0.1) is 12.8 Å². The summed E-state index contributed by atoms with van der Waals surface area (Å²) in [6.45, 7) is 9.81. The zero-order valence-corrected chi connectivity index (χ0v) is 21.8. The third-order valence-electron chi connectivity index (χ3n) is 6.91. The van der Waals surface area contributed by atoms with Crippen molar-refractivity contribution < 1.29 is 19.1 Å². The number of imide groups is 1. The number of pyridine rings is 1. The van der Waals surface area contributed by atoms with Gasteiger partial charge in [-0.2, -0.15) is 0 Å². The van der Waals surface area contributed by atoms with Crippen molar-refractivity contribution in [2.45, 2.75) is 96.1 Å². The zero-order chi connectivity index (χ0) is 25.3. The van der Waals surface area contributed by atoms with Gasteiger partial charge in [-0.1, -0.05) is 44.2 Å². The van der Waals surface area contributed by atoms with Gasteiger partial charge in [0.25, 0.3) is 0 Å². The largest absolute Gasteiger partial charge is 0.481 e. The van der Waals surface area contributed by atoms with Crippen LogP contribution >= 0.6 is 0 Å². The van der Waals surface area contributed by atoms with Gasteiger partial charge in [-0.3, -0.25) is 4.79 Å². The first-order valence-electron chi connectivity index (χ1n) is 12.8. The second kappa shape index (κ2) is 10.00. The Morgan fingerprint density at radius 1 is 1.06 bits per heavy atom. The first-order chi connectivity index (χ1) is 16.6. The number of likely N-dealkylation sites (tertiary alicyclic amines) is 1. The summed E-state index contributed by atoms with van der Waals surface area (Å²) < 4.78 is 11.2. The van der Waals surface area contributed by atoms with Crippen LogP contribution in [-0.2, 0) is 9.53 Å². The number of nitrogens with zero attached hydrogens (tertiary/aromatic N) is 2. The van der Waals surface area contributed by atoms with Crippen LogP contribution in [0.25, 0.3) is 0 Å². The van der Waals surface area contributed by atoms with E-state index in [1.807, 2.05) is 20.8 Å². The molecule has 1 aromatic heterocycles. The van der Waals surface area contributed by atoms with Crippen LogP contribution in [0.2, 0.25) is 0 Å². The number of carbonyl (C=O) groups is 2. The molecule has 6 nitrogen and oxygen atoms in total. The molecule has 1 saturated carbocycles. The molecule has 1 unspecified atom stereocenters. The molecular formula is C29H38N2O4. The Morgan fingerprint density at radius 2 is 1.71 bits per heavy atom. The maximum absolute atomic E-state index is 12.9. The molecule has 1 saturated heterocycles. The monoisotopic (exact) mass is 478 g/mol. The van der Waals surface area contributed by atoms with E-state index in [1.165, 1.54) is 23.3 Å². The predicted octanol–water partition coefficient (Wildman–Crippen LogP) is 6.54. The molecule has 0 N–H and O–H groups in total. The number of benzene rings is 1. The Kier molecular flexibility index (Phi) is 7.20. The molecule has 188 valence electrons. The topological polar surface area (TPSA) is 68.7 Å². The summed E-state index contributed by atoms with van der Waals surface area (Å²) in [7, 11) is 1.67. The molecule has 0 radical (unpaired) electrons. The number of hydrogen-bond acceptors (Lipinski definition) is 5. The highest BCUT2D eigenvalue weighted by Gasteiger charge is 2.40. The average molecular weight is 479 g/mol. The molecule has 2 aromatic rings. The van der Waals surface area contributed by atoms with E-state index in [0.717, 1.165) is 16.8 Å². The van der Waals surface area contributed by atoms with Crippen molar-refractivity contribution in [2.75, 3.05) is 7.11 Å². The van der Waals surface area contributed by atoms with E-state index in [4.69, 9.17) is 14.5 Å². The van der Waals surface area contributed by atoms with E-state index in [9.17, 15) is 9.59 Å². The van der Waals surface area contributed by atoms with E-state index < -0.39 is 11.7 Å². The molecular weight excluding hydrogens is 440 g/mol. The first kappa shape index (κ1) is 25.2. The minimum Gasteiger partial charge on any atom is -0.481 e. The highest BCUT2D eigenvalue weighted by Crippen LogP contribution is 2.44. The standard InChI is InChI=1S/C29H38N2O4/c1-18(2)19-7-9-21(10-8-19)24(25-15-14-23(20-11-12-20)27(30-25)34-6)17-22-13-16-26(32)31(22)28(33)35-29(3,4)5/h7-10,14-15,18,20,22,24H,11-13,16-17H2,1-6H3/t22-,24?/m1/s1. The number of rotatable bonds is 7. The Bertz CT molecular complexity index is 1070. The summed E-state index contributed by atoms with van der Waals surface area (Å²) in [6.07, 6.45) is 3.34. The number of hydrogen-bond donors (Lipinski definition) is 0. The molecule has 2 aliphatic rings. The summed E-state index contributed by atoms with van der Waals surface area (Å²) in [5, 5.41) is 0. The molecule has 6 heteroatoms. The lowest BCUT2D eigenvalue weighted by molar-refractivity contribution is -0.128. The van der Waals surface area contributed by atoms with Crippen molar-refractivity contribution in [3.8, 4) is 5.88 Å². The first-order valence-corrected chi connectivity index (χ1v) is 12.8. The van der Waals surface area contributed by atoms with E-state index in [1.54, 1.807) is 7.11 Å². The lowest BCUT2D eigenvalue weighted by Crippen LogP contribution is -2.42. The molecule has 2 atom stereocenters. The van der Waals surface area contributed by atoms with Gasteiger partial charge >= 0.3 is 6.09 Å². The van der Waals surface area contributed by atoms with Crippen molar-refractivity contribution >= 4 is 12.0 Å². The van der Waals surface area contributed by atoms with Crippen LogP contribution in [0.1, 0.15) is 107 Å². The quantitative estimate of drug-likeness (QED) is 0.452. The number of carbonyl (C=O) groups excluding carboxylic acids is 2. The van der Waals surface area contributed by atoms with Crippen molar-refractivity contribution in [3.63, 3.8) is 0 Å². The second-order valence-corrected chi connectivity index (χ2v) is 11.2. The van der Waals surface area contributed by atoms with Crippen LogP contribution in [-0.4, -0.2) is 40.6 Å². The summed E-state index contributed by atoms with van der Waals surface area (Å²) in [4.78, 5) is 31.9. The van der Waals surface area contributed by atoms with Crippen molar-refractivity contribution in [1.29, 1.82) is 0 Å². The van der Waals surface area contributed by atoms with Gasteiger partial charge in [-0.15, -0.1) is 0 Å². The lowest BCUT2D eigenvalue weighted by atomic mass is 9.86. The second-order valence-electron chi connectivity index (χ2n) is 11.2. The van der Waals surface area contributed by atoms with Crippen LogP contribution < -0.4 is 4.74 Å². The van der Waals surface area contributed by atoms with Gasteiger partial charge in [-0.25, -0.2) is 14.7 Å². The van der Waals surface area contributed by atoms with Crippen molar-refractivity contribution in [3.05, 3.63) is 58.8 Å². The normalized spacial score (nSPS) is 19.2. The highest BCUT2D eigenvalue weighted by atomic mass is 16.6. The number of aromatic nitrogens is 1. The predicted molar refractivity (Wildman–Crippen MR) is 136 cm³/mol. The van der Waals surface area contributed by atoms with Gasteiger partial charge < -0.3 is 9.47 Å². The summed E-state index contributed by atoms with van der Waals surface area (Å²) >= 11 is 0. The number of ether oxygens (including phenoxy) is 2. The smallest absolute Gasteiger partial charge is 0.417 e. The van der Waals surface area contributed by atoms with Gasteiger partial charge in [0, 0.05) is 23.9 Å². The molecule has 0 bridgehead atoms. The molecule has 4 rings (SSSR count). The molecule has 2 amide bonds. The summed E-state index contributed by atoms with van der Waals surface area (Å²) in [5.74, 6) is 1.39. The molecule has 1 aromatic carbocycles. The SMILES string of the molecule is COc1nc(C(C[C@H]2CCC(=O)N2C(=O)OC(C)(C)C)c2ccc(C(C)C)cc2)ccc1C1CC1. The average Bonchev–Trinajstić information content (AvgIpc) is 3.58. The van der Waals surface area contributed by atoms with Crippen LogP contribution in [0.3, 0.4) is 0 Å². The summed E-state index contributed by atoms with van der Waals surface area (Å²) in [5.41, 5.74) is 3.79. The maximum Gasteiger partial charge on any atom is 0.417 e. The maximum atomic E-state index is 12.9. The van der Waals surface area contributed by atoms with Gasteiger partial charge in [0.2, 0.25) is 11.8 Å². The zero-order valence-electron chi connectivity index (χ0n) is 21.8. The number of methoxy groups -OCH3 is 1. The lowest BCUT2D eigenvalue weighted by Gasteiger charge is -2.29. The van der Waals surface area contributed by atoms with Crippen molar-refractivity contribution in [2.24, 2.45) is 0 Å². The molecule has 0 spiro atoms. The van der Waals surface area contributed by atoms with E-state index in [0.29, 0.717) is 37.0 Å². The van der Waals surface area contributed by atoms with Gasteiger partial charge in [0.1, 0.15) is 5.60 Å². The fourth-order valence-electron chi connectivity index (χ4n) is 4.87. The van der Waals surface area contributed by atoms with Gasteiger partial charge in [-0.05, 0) is 75.5 Å². The Hall–Kier alpha value is -2.89. The van der Waals surface area contributed by atoms with E-state index >= 15 is 0 Å². The van der Waals surface area contributed by atoms with Crippen molar-refractivity contribution in [1.82, 2.24) is 9.88 Å². The third kappa shape index (κ3) is 5.85. The highest BCUT2D eigenvalue weighted by molar-refractivity contribution is 5.94. The van der Waals surface area contributed by atoms with E-state index in [2.05, 4.69) is 50.2 Å². The Labute approximate surface area is 209 Å². The molecule has 1 aliphatic heterocycles. The van der Waals surface area contributed by atoms with Crippen LogP contribution in [0, 0.1) is 0 Å². The van der Waals surface area contributed by atoms with Crippen LogP contribution in [0.5, 0.6) is 5.88 Å². The Morgan fingerprint density at radius 3 is 2.29 bits per heavy atom.